The number of unbranched alkanes of at least 4 members (excludes halogenated alkanes) is 12. The molecule has 0 atom stereocenters. The molecule has 2 nitrogen and oxygen atoms in total. The fourth-order valence-corrected chi connectivity index (χ4v) is 8.01. The van der Waals surface area contributed by atoms with E-state index in [-0.39, 0.29) is 0 Å². The van der Waals surface area contributed by atoms with Crippen molar-refractivity contribution in [1.29, 1.82) is 0 Å². The van der Waals surface area contributed by atoms with Crippen LogP contribution in [-0.4, -0.2) is 4.70 Å². The van der Waals surface area contributed by atoms with Gasteiger partial charge < -0.3 is 5.53 Å². The summed E-state index contributed by atoms with van der Waals surface area (Å²) >= 11 is 1.94. The molecule has 0 aromatic heterocycles. The van der Waals surface area contributed by atoms with Crippen LogP contribution in [0.25, 0.3) is 16.9 Å². The second-order valence-corrected chi connectivity index (χ2v) is 15.6. The number of benzene rings is 2. The van der Waals surface area contributed by atoms with Crippen LogP contribution in [0.5, 0.6) is 0 Å². The van der Waals surface area contributed by atoms with E-state index < -0.39 is 0 Å². The van der Waals surface area contributed by atoms with Crippen LogP contribution in [0.15, 0.2) is 59.7 Å². The predicted octanol–water partition coefficient (Wildman–Crippen LogP) is 15.8. The summed E-state index contributed by atoms with van der Waals surface area (Å²) in [6, 6.07) is 18.0. The standard InChI is InChI=1S/C38H56N2.2C4H9.Ni/c1-5-9-13-15-16-18-28-36-35(27-17-14-10-6-2)37(33-25-19-23-31(29-33)21-11-7-3)40(39)38(36)34-26-20-24-32(30-34)22-12-8-4;2*1-3-4-2;/h19-20,23-26,29-30H,5-18,21-22,27-28H2,1-4H3;2*1,3-4H2,2H3;. The summed E-state index contributed by atoms with van der Waals surface area (Å²) in [5, 5.41) is 2.78. The van der Waals surface area contributed by atoms with E-state index in [9.17, 15) is 5.53 Å². The molecule has 1 aliphatic heterocycles. The summed E-state index contributed by atoms with van der Waals surface area (Å²) in [6.07, 6.45) is 27.3. The molecule has 0 spiro atoms. The first-order chi connectivity index (χ1) is 24.1. The fourth-order valence-electron chi connectivity index (χ4n) is 6.57. The molecule has 1 aliphatic rings. The third-order valence-electron chi connectivity index (χ3n) is 9.61. The van der Waals surface area contributed by atoms with Gasteiger partial charge in [-0.15, -0.1) is 0 Å². The third-order valence-corrected chi connectivity index (χ3v) is 11.0. The van der Waals surface area contributed by atoms with Gasteiger partial charge in [0.2, 0.25) is 11.4 Å². The van der Waals surface area contributed by atoms with Crippen LogP contribution in [0.2, 0.25) is 10.8 Å². The van der Waals surface area contributed by atoms with Gasteiger partial charge in [-0.3, -0.25) is 0 Å². The van der Waals surface area contributed by atoms with Gasteiger partial charge in [0.05, 0.1) is 0 Å². The van der Waals surface area contributed by atoms with Gasteiger partial charge in [-0.05, 0) is 86.8 Å². The van der Waals surface area contributed by atoms with Crippen molar-refractivity contribution in [2.45, 2.75) is 194 Å². The van der Waals surface area contributed by atoms with Gasteiger partial charge >= 0.3 is 64.8 Å². The van der Waals surface area contributed by atoms with Crippen molar-refractivity contribution in [2.24, 2.45) is 0 Å². The van der Waals surface area contributed by atoms with E-state index in [1.54, 1.807) is 4.70 Å². The van der Waals surface area contributed by atoms with Gasteiger partial charge in [-0.25, -0.2) is 4.70 Å². The van der Waals surface area contributed by atoms with E-state index >= 15 is 0 Å². The molecular formula is C46H74N2Ni. The maximum atomic E-state index is 12.0. The van der Waals surface area contributed by atoms with E-state index in [2.05, 4.69) is 90.1 Å². The first kappa shape index (κ1) is 43.2. The van der Waals surface area contributed by atoms with Gasteiger partial charge in [0.25, 0.3) is 0 Å². The topological polar surface area (TPSA) is 25.3 Å². The van der Waals surface area contributed by atoms with Gasteiger partial charge in [0.15, 0.2) is 0 Å². The van der Waals surface area contributed by atoms with Crippen LogP contribution >= 0.6 is 0 Å². The van der Waals surface area contributed by atoms with E-state index in [4.69, 9.17) is 0 Å². The fraction of sp³-hybridized carbons (Fsp3) is 0.652. The predicted molar refractivity (Wildman–Crippen MR) is 214 cm³/mol. The Bertz CT molecular complexity index is 1230. The van der Waals surface area contributed by atoms with Gasteiger partial charge in [0, 0.05) is 22.3 Å². The van der Waals surface area contributed by atoms with E-state index in [0.717, 1.165) is 37.1 Å². The molecule has 0 aliphatic carbocycles. The molecule has 0 saturated heterocycles. The molecule has 0 amide bonds. The molecule has 278 valence electrons. The van der Waals surface area contributed by atoms with Crippen LogP contribution in [0.1, 0.15) is 192 Å². The van der Waals surface area contributed by atoms with Crippen LogP contribution in [0.3, 0.4) is 0 Å². The van der Waals surface area contributed by atoms with Gasteiger partial charge in [-0.2, -0.15) is 0 Å². The van der Waals surface area contributed by atoms with Crippen molar-refractivity contribution in [3.05, 3.63) is 87.5 Å². The third kappa shape index (κ3) is 16.3. The molecule has 2 aromatic carbocycles. The van der Waals surface area contributed by atoms with E-state index in [0.29, 0.717) is 0 Å². The number of aryl methyl sites for hydroxylation is 2. The number of hydrogen-bond acceptors (Lipinski definition) is 0. The minimum atomic E-state index is 1.03. The normalized spacial score (nSPS) is 13.1. The zero-order valence-electron chi connectivity index (χ0n) is 32.8. The molecule has 2 aromatic rings. The number of allylic oxidation sites excluding steroid dienone is 2. The summed E-state index contributed by atoms with van der Waals surface area (Å²) in [4.78, 5) is 0. The molecule has 0 fully saturated rings. The Balaban J connectivity index is 0.000000811. The Kier molecular flexibility index (Phi) is 24.4. The molecule has 3 heteroatoms. The molecule has 1 heterocycles. The van der Waals surface area contributed by atoms with Crippen molar-refractivity contribution in [2.75, 3.05) is 0 Å². The van der Waals surface area contributed by atoms with Gasteiger partial charge in [0.1, 0.15) is 0 Å². The molecule has 0 bridgehead atoms. The average molecular weight is 714 g/mol. The Morgan fingerprint density at radius 3 is 1.27 bits per heavy atom. The second-order valence-electron chi connectivity index (χ2n) is 14.1. The van der Waals surface area contributed by atoms with Crippen molar-refractivity contribution >= 4 is 11.4 Å². The van der Waals surface area contributed by atoms with Crippen molar-refractivity contribution < 1.29 is 19.1 Å². The first-order valence-corrected chi connectivity index (χ1v) is 22.0. The number of rotatable bonds is 26. The monoisotopic (exact) mass is 713 g/mol. The quantitative estimate of drug-likeness (QED) is 0.0527. The Labute approximate surface area is 310 Å². The Morgan fingerprint density at radius 1 is 0.449 bits per heavy atom. The van der Waals surface area contributed by atoms with Crippen molar-refractivity contribution in [3.8, 4) is 0 Å². The Hall–Kier alpha value is -1.99. The average Bonchev–Trinajstić information content (AvgIpc) is 3.40. The summed E-state index contributed by atoms with van der Waals surface area (Å²) in [7, 11) is 0. The van der Waals surface area contributed by atoms with Crippen LogP contribution in [0, 0.1) is 0 Å². The van der Waals surface area contributed by atoms with Crippen LogP contribution in [0.4, 0.5) is 0 Å². The van der Waals surface area contributed by atoms with E-state index in [1.165, 1.54) is 160 Å². The molecular weight excluding hydrogens is 639 g/mol. The zero-order valence-corrected chi connectivity index (χ0v) is 33.8. The summed E-state index contributed by atoms with van der Waals surface area (Å²) in [5.41, 5.74) is 21.9. The van der Waals surface area contributed by atoms with Gasteiger partial charge in [-0.1, -0.05) is 116 Å². The first-order valence-electron chi connectivity index (χ1n) is 20.6. The maximum absolute atomic E-state index is 12.0. The summed E-state index contributed by atoms with van der Waals surface area (Å²) in [6.45, 7) is 13.6. The SMILES string of the molecule is CCCCCCCCC1=C(c2cccc(CCCC)c2)[N+](=[N-])C(c2cccc(CCCC)c2)=C1CCCCCC.CCC[CH2][Ni][CH2]CCC. The Morgan fingerprint density at radius 2 is 0.837 bits per heavy atom. The van der Waals surface area contributed by atoms with Crippen molar-refractivity contribution in [1.82, 2.24) is 0 Å². The summed E-state index contributed by atoms with van der Waals surface area (Å²) < 4.78 is 1.58. The molecule has 0 N–H and O–H groups in total. The summed E-state index contributed by atoms with van der Waals surface area (Å²) in [5.74, 6) is 0. The molecule has 0 unspecified atom stereocenters. The molecule has 3 rings (SSSR count). The number of nitrogens with zero attached hydrogens (tertiary/aromatic N) is 2. The van der Waals surface area contributed by atoms with Crippen LogP contribution < -0.4 is 0 Å². The molecule has 0 saturated carbocycles. The van der Waals surface area contributed by atoms with E-state index in [1.807, 2.05) is 14.4 Å². The number of hydrogen-bond donors (Lipinski definition) is 0. The van der Waals surface area contributed by atoms with Crippen LogP contribution in [-0.2, 0) is 27.3 Å². The zero-order chi connectivity index (χ0) is 35.5. The minimum absolute atomic E-state index is 1.03. The molecule has 49 heavy (non-hydrogen) atoms. The van der Waals surface area contributed by atoms with Crippen molar-refractivity contribution in [3.63, 3.8) is 0 Å². The second kappa shape index (κ2) is 27.7. The molecule has 0 radical (unpaired) electrons.